The monoisotopic (exact) mass is 314 g/mol. The van der Waals surface area contributed by atoms with E-state index in [1.807, 2.05) is 5.32 Å². The Morgan fingerprint density at radius 1 is 1.33 bits per heavy atom. The fraction of sp³-hybridized carbons (Fsp3) is 0.308. The zero-order chi connectivity index (χ0) is 15.4. The number of rotatable bonds is 4. The fourth-order valence-corrected chi connectivity index (χ4v) is 1.63. The number of ether oxygens (including phenoxy) is 1. The van der Waals surface area contributed by atoms with Crippen molar-refractivity contribution in [2.45, 2.75) is 18.9 Å². The summed E-state index contributed by atoms with van der Waals surface area (Å²) in [4.78, 5) is 34.2. The normalized spacial score (nSPS) is 13.4. The standard InChI is InChI=1S/C13H12ClFN2O4/c14-7-1-4-9(10(15)5-7)12(19)21-6-11(18)17-13(20)16-8-2-3-8/h1,4-5,8H,2-3,6H2,(H2,16,17,18,20). The van der Waals surface area contributed by atoms with Gasteiger partial charge in [0.2, 0.25) is 0 Å². The summed E-state index contributed by atoms with van der Waals surface area (Å²) in [6.07, 6.45) is 1.76. The van der Waals surface area contributed by atoms with Crippen LogP contribution in [0.1, 0.15) is 23.2 Å². The lowest BCUT2D eigenvalue weighted by Crippen LogP contribution is -2.42. The molecule has 0 aromatic heterocycles. The molecule has 0 aliphatic heterocycles. The van der Waals surface area contributed by atoms with E-state index in [1.54, 1.807) is 0 Å². The molecule has 21 heavy (non-hydrogen) atoms. The lowest BCUT2D eigenvalue weighted by atomic mass is 10.2. The molecule has 1 aromatic rings. The van der Waals surface area contributed by atoms with Crippen molar-refractivity contribution in [2.24, 2.45) is 0 Å². The third-order valence-electron chi connectivity index (χ3n) is 2.65. The van der Waals surface area contributed by atoms with Gasteiger partial charge in [-0.25, -0.2) is 14.0 Å². The average Bonchev–Trinajstić information content (AvgIpc) is 3.19. The number of nitrogens with one attached hydrogen (secondary N) is 2. The summed E-state index contributed by atoms with van der Waals surface area (Å²) >= 11 is 5.55. The molecule has 0 bridgehead atoms. The summed E-state index contributed by atoms with van der Waals surface area (Å²) in [5.74, 6) is -2.66. The molecule has 112 valence electrons. The van der Waals surface area contributed by atoms with Gasteiger partial charge in [-0.3, -0.25) is 10.1 Å². The van der Waals surface area contributed by atoms with Gasteiger partial charge < -0.3 is 10.1 Å². The molecule has 8 heteroatoms. The van der Waals surface area contributed by atoms with Crippen LogP contribution >= 0.6 is 11.6 Å². The van der Waals surface area contributed by atoms with E-state index in [0.717, 1.165) is 25.0 Å². The summed E-state index contributed by atoms with van der Waals surface area (Å²) in [5, 5.41) is 4.67. The Hall–Kier alpha value is -2.15. The van der Waals surface area contributed by atoms with Gasteiger partial charge in [0.05, 0.1) is 5.56 Å². The second kappa shape index (κ2) is 6.53. The number of hydrogen-bond donors (Lipinski definition) is 2. The molecule has 2 N–H and O–H groups in total. The summed E-state index contributed by atoms with van der Waals surface area (Å²) in [6.45, 7) is -0.682. The highest BCUT2D eigenvalue weighted by Crippen LogP contribution is 2.18. The lowest BCUT2D eigenvalue weighted by molar-refractivity contribution is -0.123. The van der Waals surface area contributed by atoms with Crippen LogP contribution in [-0.4, -0.2) is 30.6 Å². The zero-order valence-corrected chi connectivity index (χ0v) is 11.6. The zero-order valence-electron chi connectivity index (χ0n) is 10.8. The Morgan fingerprint density at radius 2 is 2.05 bits per heavy atom. The highest BCUT2D eigenvalue weighted by molar-refractivity contribution is 6.30. The maximum atomic E-state index is 13.4. The summed E-state index contributed by atoms with van der Waals surface area (Å²) in [6, 6.07) is 2.89. The highest BCUT2D eigenvalue weighted by Gasteiger charge is 2.24. The van der Waals surface area contributed by atoms with E-state index < -0.39 is 30.3 Å². The van der Waals surface area contributed by atoms with Crippen LogP contribution in [0.5, 0.6) is 0 Å². The first-order valence-corrected chi connectivity index (χ1v) is 6.56. The van der Waals surface area contributed by atoms with Gasteiger partial charge in [-0.05, 0) is 31.0 Å². The van der Waals surface area contributed by atoms with Gasteiger partial charge in [-0.1, -0.05) is 11.6 Å². The van der Waals surface area contributed by atoms with Gasteiger partial charge in [-0.2, -0.15) is 0 Å². The molecule has 1 aliphatic rings. The van der Waals surface area contributed by atoms with Crippen LogP contribution in [0.3, 0.4) is 0 Å². The third kappa shape index (κ3) is 4.71. The molecular weight excluding hydrogens is 303 g/mol. The van der Waals surface area contributed by atoms with Crippen LogP contribution in [0.25, 0.3) is 0 Å². The van der Waals surface area contributed by atoms with Crippen LogP contribution in [0, 0.1) is 5.82 Å². The Balaban J connectivity index is 1.79. The fourth-order valence-electron chi connectivity index (χ4n) is 1.48. The number of imide groups is 1. The molecule has 1 aliphatic carbocycles. The predicted octanol–water partition coefficient (Wildman–Crippen LogP) is 1.62. The number of amides is 3. The van der Waals surface area contributed by atoms with Crippen LogP contribution in [0.4, 0.5) is 9.18 Å². The maximum absolute atomic E-state index is 13.4. The topological polar surface area (TPSA) is 84.5 Å². The van der Waals surface area contributed by atoms with Crippen molar-refractivity contribution in [3.05, 3.63) is 34.6 Å². The van der Waals surface area contributed by atoms with E-state index in [0.29, 0.717) is 0 Å². The largest absolute Gasteiger partial charge is 0.452 e. The second-order valence-electron chi connectivity index (χ2n) is 4.50. The Bertz CT molecular complexity index is 590. The molecule has 3 amide bonds. The van der Waals surface area contributed by atoms with E-state index >= 15 is 0 Å². The molecule has 6 nitrogen and oxygen atoms in total. The van der Waals surface area contributed by atoms with Gasteiger partial charge >= 0.3 is 12.0 Å². The Morgan fingerprint density at radius 3 is 2.67 bits per heavy atom. The third-order valence-corrected chi connectivity index (χ3v) is 2.89. The van der Waals surface area contributed by atoms with Gasteiger partial charge in [0.25, 0.3) is 5.91 Å². The van der Waals surface area contributed by atoms with Crippen LogP contribution < -0.4 is 10.6 Å². The molecule has 1 fully saturated rings. The van der Waals surface area contributed by atoms with E-state index in [9.17, 15) is 18.8 Å². The van der Waals surface area contributed by atoms with Gasteiger partial charge in [0, 0.05) is 11.1 Å². The molecule has 0 heterocycles. The average molecular weight is 315 g/mol. The maximum Gasteiger partial charge on any atom is 0.341 e. The molecule has 2 rings (SSSR count). The first-order valence-electron chi connectivity index (χ1n) is 6.18. The number of urea groups is 1. The van der Waals surface area contributed by atoms with Crippen molar-refractivity contribution >= 4 is 29.5 Å². The minimum absolute atomic E-state index is 0.100. The number of hydrogen-bond acceptors (Lipinski definition) is 4. The summed E-state index contributed by atoms with van der Waals surface area (Å²) < 4.78 is 18.1. The van der Waals surface area contributed by atoms with Gasteiger partial charge in [0.15, 0.2) is 6.61 Å². The number of halogens is 2. The molecule has 1 saturated carbocycles. The van der Waals surface area contributed by atoms with E-state index in [-0.39, 0.29) is 16.6 Å². The van der Waals surface area contributed by atoms with Crippen molar-refractivity contribution in [1.29, 1.82) is 0 Å². The SMILES string of the molecule is O=C(COC(=O)c1ccc(Cl)cc1F)NC(=O)NC1CC1. The lowest BCUT2D eigenvalue weighted by Gasteiger charge is -2.07. The summed E-state index contributed by atoms with van der Waals surface area (Å²) in [7, 11) is 0. The Kier molecular flexibility index (Phi) is 4.74. The van der Waals surface area contributed by atoms with Crippen molar-refractivity contribution < 1.29 is 23.5 Å². The number of benzene rings is 1. The molecule has 0 unspecified atom stereocenters. The second-order valence-corrected chi connectivity index (χ2v) is 4.93. The number of esters is 1. The van der Waals surface area contributed by atoms with Crippen LogP contribution in [-0.2, 0) is 9.53 Å². The smallest absolute Gasteiger partial charge is 0.341 e. The molecular formula is C13H12ClFN2O4. The van der Waals surface area contributed by atoms with Gasteiger partial charge in [0.1, 0.15) is 5.82 Å². The molecule has 0 saturated heterocycles. The predicted molar refractivity (Wildman–Crippen MR) is 71.4 cm³/mol. The van der Waals surface area contributed by atoms with Crippen molar-refractivity contribution in [3.63, 3.8) is 0 Å². The molecule has 0 atom stereocenters. The van der Waals surface area contributed by atoms with Crippen molar-refractivity contribution in [3.8, 4) is 0 Å². The van der Waals surface area contributed by atoms with E-state index in [4.69, 9.17) is 11.6 Å². The van der Waals surface area contributed by atoms with Crippen LogP contribution in [0.2, 0.25) is 5.02 Å². The quantitative estimate of drug-likeness (QED) is 0.827. The first kappa shape index (κ1) is 15.2. The number of carbonyl (C=O) groups is 3. The van der Waals surface area contributed by atoms with Crippen molar-refractivity contribution in [2.75, 3.05) is 6.61 Å². The molecule has 0 spiro atoms. The molecule has 1 aromatic carbocycles. The summed E-state index contributed by atoms with van der Waals surface area (Å²) in [5.41, 5.74) is -0.338. The number of carbonyl (C=O) groups excluding carboxylic acids is 3. The van der Waals surface area contributed by atoms with E-state index in [2.05, 4.69) is 10.1 Å². The minimum atomic E-state index is -1.01. The van der Waals surface area contributed by atoms with Crippen LogP contribution in [0.15, 0.2) is 18.2 Å². The Labute approximate surface area is 124 Å². The van der Waals surface area contributed by atoms with Gasteiger partial charge in [-0.15, -0.1) is 0 Å². The van der Waals surface area contributed by atoms with Crippen molar-refractivity contribution in [1.82, 2.24) is 10.6 Å². The minimum Gasteiger partial charge on any atom is -0.452 e. The molecule has 0 radical (unpaired) electrons. The first-order chi connectivity index (χ1) is 9.95. The highest BCUT2D eigenvalue weighted by atomic mass is 35.5. The van der Waals surface area contributed by atoms with E-state index in [1.165, 1.54) is 6.07 Å².